The van der Waals surface area contributed by atoms with E-state index in [1.165, 1.54) is 6.33 Å². The highest BCUT2D eigenvalue weighted by Crippen LogP contribution is 2.07. The number of nitrogens with one attached hydrogen (secondary N) is 1. The van der Waals surface area contributed by atoms with Crippen LogP contribution in [-0.4, -0.2) is 53.1 Å². The molecule has 0 unspecified atom stereocenters. The van der Waals surface area contributed by atoms with Crippen LogP contribution in [0.25, 0.3) is 0 Å². The largest absolute Gasteiger partial charge is 0.384 e. The molecule has 0 radical (unpaired) electrons. The van der Waals surface area contributed by atoms with E-state index in [4.69, 9.17) is 5.73 Å². The molecule has 2 rings (SSSR count). The van der Waals surface area contributed by atoms with Crippen molar-refractivity contribution in [1.29, 1.82) is 0 Å². The second kappa shape index (κ2) is 4.41. The molecule has 6 heteroatoms. The monoisotopic (exact) mass is 208 g/mol. The van der Waals surface area contributed by atoms with Gasteiger partial charge in [-0.2, -0.15) is 0 Å². The zero-order chi connectivity index (χ0) is 10.7. The summed E-state index contributed by atoms with van der Waals surface area (Å²) in [6.45, 7) is 4.10. The van der Waals surface area contributed by atoms with E-state index in [0.29, 0.717) is 5.82 Å². The van der Waals surface area contributed by atoms with Gasteiger partial charge < -0.3 is 16.1 Å². The zero-order valence-electron chi connectivity index (χ0n) is 8.85. The van der Waals surface area contributed by atoms with Gasteiger partial charge in [-0.15, -0.1) is 0 Å². The van der Waals surface area contributed by atoms with Crippen molar-refractivity contribution in [3.63, 3.8) is 0 Å². The molecule has 0 bridgehead atoms. The lowest BCUT2D eigenvalue weighted by atomic mass is 10.4. The maximum absolute atomic E-state index is 5.57. The van der Waals surface area contributed by atoms with Crippen LogP contribution in [0.1, 0.15) is 0 Å². The number of anilines is 2. The standard InChI is InChI=1S/C9H16N6/c1-14-2-4-15(5-3-14)13-9-6-8(10)11-7-12-9/h6-7H,2-5H2,1H3,(H3,10,11,12,13). The zero-order valence-corrected chi connectivity index (χ0v) is 8.85. The molecule has 6 nitrogen and oxygen atoms in total. The van der Waals surface area contributed by atoms with Gasteiger partial charge in [-0.05, 0) is 7.05 Å². The summed E-state index contributed by atoms with van der Waals surface area (Å²) in [6.07, 6.45) is 1.47. The first-order chi connectivity index (χ1) is 7.24. The summed E-state index contributed by atoms with van der Waals surface area (Å²) in [7, 11) is 2.13. The lowest BCUT2D eigenvalue weighted by Gasteiger charge is -2.32. The number of nitrogen functional groups attached to an aromatic ring is 1. The summed E-state index contributed by atoms with van der Waals surface area (Å²) in [4.78, 5) is 10.2. The van der Waals surface area contributed by atoms with Crippen molar-refractivity contribution in [2.24, 2.45) is 0 Å². The van der Waals surface area contributed by atoms with Crippen LogP contribution in [0.2, 0.25) is 0 Å². The van der Waals surface area contributed by atoms with Gasteiger partial charge >= 0.3 is 0 Å². The molecule has 1 aromatic rings. The first-order valence-corrected chi connectivity index (χ1v) is 5.02. The van der Waals surface area contributed by atoms with E-state index in [1.54, 1.807) is 6.07 Å². The third-order valence-corrected chi connectivity index (χ3v) is 2.46. The summed E-state index contributed by atoms with van der Waals surface area (Å²) in [5, 5.41) is 2.14. The van der Waals surface area contributed by atoms with Crippen LogP contribution < -0.4 is 11.2 Å². The van der Waals surface area contributed by atoms with Crippen LogP contribution in [0.4, 0.5) is 11.6 Å². The van der Waals surface area contributed by atoms with Gasteiger partial charge in [0.1, 0.15) is 18.0 Å². The molecule has 0 spiro atoms. The average Bonchev–Trinajstić information content (AvgIpc) is 2.22. The van der Waals surface area contributed by atoms with Gasteiger partial charge in [-0.1, -0.05) is 0 Å². The Bertz CT molecular complexity index is 320. The van der Waals surface area contributed by atoms with Crippen LogP contribution >= 0.6 is 0 Å². The Morgan fingerprint density at radius 3 is 2.67 bits per heavy atom. The summed E-state index contributed by atoms with van der Waals surface area (Å²) >= 11 is 0. The van der Waals surface area contributed by atoms with Crippen molar-refractivity contribution < 1.29 is 0 Å². The predicted molar refractivity (Wildman–Crippen MR) is 59.1 cm³/mol. The van der Waals surface area contributed by atoms with Gasteiger partial charge in [0, 0.05) is 32.2 Å². The third kappa shape index (κ3) is 2.77. The number of nitrogens with two attached hydrogens (primary N) is 1. The first-order valence-electron chi connectivity index (χ1n) is 5.02. The molecule has 0 saturated carbocycles. The normalized spacial score (nSPS) is 19.0. The summed E-state index contributed by atoms with van der Waals surface area (Å²) in [6, 6.07) is 1.73. The number of hydrazine groups is 1. The molecule has 15 heavy (non-hydrogen) atoms. The summed E-state index contributed by atoms with van der Waals surface area (Å²) < 4.78 is 0. The number of rotatable bonds is 2. The number of hydrogen-bond acceptors (Lipinski definition) is 6. The highest BCUT2D eigenvalue weighted by molar-refractivity contribution is 5.42. The van der Waals surface area contributed by atoms with Crippen LogP contribution in [-0.2, 0) is 0 Å². The van der Waals surface area contributed by atoms with Crippen molar-refractivity contribution in [2.75, 3.05) is 44.4 Å². The van der Waals surface area contributed by atoms with Gasteiger partial charge in [-0.3, -0.25) is 0 Å². The van der Waals surface area contributed by atoms with E-state index in [0.717, 1.165) is 32.0 Å². The average molecular weight is 208 g/mol. The molecule has 0 aromatic carbocycles. The molecule has 0 atom stereocenters. The summed E-state index contributed by atoms with van der Waals surface area (Å²) in [5.41, 5.74) is 8.79. The minimum atomic E-state index is 0.488. The molecular formula is C9H16N6. The van der Waals surface area contributed by atoms with Crippen molar-refractivity contribution in [3.8, 4) is 0 Å². The van der Waals surface area contributed by atoms with E-state index in [1.807, 2.05) is 0 Å². The van der Waals surface area contributed by atoms with Gasteiger partial charge in [0.15, 0.2) is 0 Å². The van der Waals surface area contributed by atoms with Gasteiger partial charge in [0.2, 0.25) is 0 Å². The van der Waals surface area contributed by atoms with Crippen LogP contribution in [0.15, 0.2) is 12.4 Å². The molecular weight excluding hydrogens is 192 g/mol. The molecule has 82 valence electrons. The highest BCUT2D eigenvalue weighted by Gasteiger charge is 2.13. The fraction of sp³-hybridized carbons (Fsp3) is 0.556. The van der Waals surface area contributed by atoms with E-state index < -0.39 is 0 Å². The Balaban J connectivity index is 1.92. The smallest absolute Gasteiger partial charge is 0.145 e. The van der Waals surface area contributed by atoms with Gasteiger partial charge in [-0.25, -0.2) is 15.0 Å². The van der Waals surface area contributed by atoms with E-state index in [9.17, 15) is 0 Å². The van der Waals surface area contributed by atoms with Gasteiger partial charge in [0.25, 0.3) is 0 Å². The molecule has 1 aliphatic heterocycles. The highest BCUT2D eigenvalue weighted by atomic mass is 15.5. The Morgan fingerprint density at radius 1 is 1.27 bits per heavy atom. The fourth-order valence-electron chi connectivity index (χ4n) is 1.51. The number of aromatic nitrogens is 2. The maximum atomic E-state index is 5.57. The Labute approximate surface area is 89.1 Å². The topological polar surface area (TPSA) is 70.3 Å². The predicted octanol–water partition coefficient (Wildman–Crippen LogP) is -0.367. The molecule has 1 aliphatic rings. The minimum Gasteiger partial charge on any atom is -0.384 e. The van der Waals surface area contributed by atoms with Crippen LogP contribution in [0.5, 0.6) is 0 Å². The Kier molecular flexibility index (Phi) is 2.98. The number of likely N-dealkylation sites (N-methyl/N-ethyl adjacent to an activating group) is 1. The molecule has 1 fully saturated rings. The van der Waals surface area contributed by atoms with E-state index in [2.05, 4.69) is 32.4 Å². The SMILES string of the molecule is CN1CCN(Nc2cc(N)ncn2)CC1. The molecule has 1 aromatic heterocycles. The second-order valence-corrected chi connectivity index (χ2v) is 3.73. The van der Waals surface area contributed by atoms with Crippen LogP contribution in [0.3, 0.4) is 0 Å². The maximum Gasteiger partial charge on any atom is 0.145 e. The number of hydrogen-bond donors (Lipinski definition) is 2. The summed E-state index contributed by atoms with van der Waals surface area (Å²) in [5.74, 6) is 1.24. The second-order valence-electron chi connectivity index (χ2n) is 3.73. The quantitative estimate of drug-likeness (QED) is 0.691. The molecule has 0 aliphatic carbocycles. The molecule has 3 N–H and O–H groups in total. The lowest BCUT2D eigenvalue weighted by molar-refractivity contribution is 0.178. The first kappa shape index (κ1) is 10.1. The van der Waals surface area contributed by atoms with E-state index >= 15 is 0 Å². The van der Waals surface area contributed by atoms with Crippen LogP contribution in [0, 0.1) is 0 Å². The molecule has 2 heterocycles. The van der Waals surface area contributed by atoms with Crippen molar-refractivity contribution in [3.05, 3.63) is 12.4 Å². The molecule has 1 saturated heterocycles. The fourth-order valence-corrected chi connectivity index (χ4v) is 1.51. The van der Waals surface area contributed by atoms with Crippen molar-refractivity contribution in [1.82, 2.24) is 19.9 Å². The Hall–Kier alpha value is -1.40. The Morgan fingerprint density at radius 2 is 2.00 bits per heavy atom. The number of nitrogens with zero attached hydrogens (tertiary/aromatic N) is 4. The van der Waals surface area contributed by atoms with Crippen molar-refractivity contribution in [2.45, 2.75) is 0 Å². The van der Waals surface area contributed by atoms with Gasteiger partial charge in [0.05, 0.1) is 0 Å². The van der Waals surface area contributed by atoms with Crippen molar-refractivity contribution >= 4 is 11.6 Å². The number of piperazine rings is 1. The van der Waals surface area contributed by atoms with E-state index in [-0.39, 0.29) is 0 Å². The molecule has 0 amide bonds. The third-order valence-electron chi connectivity index (χ3n) is 2.46. The lowest BCUT2D eigenvalue weighted by Crippen LogP contribution is -2.47. The minimum absolute atomic E-state index is 0.488.